The summed E-state index contributed by atoms with van der Waals surface area (Å²) >= 11 is 3.66. The monoisotopic (exact) mass is 905 g/mol. The number of ether oxygens (including phenoxy) is 5. The summed E-state index contributed by atoms with van der Waals surface area (Å²) in [4.78, 5) is 15.8. The van der Waals surface area contributed by atoms with Gasteiger partial charge in [0.1, 0.15) is 30.5 Å². The van der Waals surface area contributed by atoms with Gasteiger partial charge in [0.25, 0.3) is 8.05 Å². The smallest absolute Gasteiger partial charge is 0.258 e. The van der Waals surface area contributed by atoms with Crippen molar-refractivity contribution in [2.24, 2.45) is 11.0 Å². The van der Waals surface area contributed by atoms with E-state index < -0.39 is 49.0 Å². The van der Waals surface area contributed by atoms with Crippen molar-refractivity contribution in [2.45, 2.75) is 212 Å². The molecule has 0 saturated carbocycles. The minimum atomic E-state index is -1.22. The average Bonchev–Trinajstić information content (AvgIpc) is 3.26. The number of thioether (sulfide) groups is 2. The molecule has 1 heterocycles. The molecule has 1 aliphatic rings. The van der Waals surface area contributed by atoms with Gasteiger partial charge in [0.2, 0.25) is 5.91 Å². The topological polar surface area (TPSA) is 174 Å². The fraction of sp³-hybridized carbons (Fsp3) is 0.978. The molecule has 1 rings (SSSR count). The maximum Gasteiger partial charge on any atom is 0.258 e. The predicted molar refractivity (Wildman–Crippen MR) is 255 cm³/mol. The standard InChI is InChI=1S/C45H89BN4O9S2/c1-6-10-14-15-16-17-18-19-20-21-22-23-24-38(51)41(53)37(49-40(52)25-11-7-2)32-57-45-44(59-46)43(56-28-13-9-4)42(55-27-12-8-3)39(58-45)33-54-29-31-61-35-36(5)34-60-30-26-48-50-47/h36-39,41-45,51,53H,6-35,46H2,1-5H3,(H,49,52)/t36?,37-,38+,39?,41-,42-,43-,44?,45+/m0/s1. The quantitative estimate of drug-likeness (QED) is 0.0175. The molecule has 0 bridgehead atoms. The van der Waals surface area contributed by atoms with Crippen LogP contribution in [-0.4, -0.2) is 136 Å². The Balaban J connectivity index is 2.95. The van der Waals surface area contributed by atoms with Gasteiger partial charge in [-0.2, -0.15) is 23.5 Å². The number of hydrogen-bond donors (Lipinski definition) is 3. The minimum absolute atomic E-state index is 0.0890. The highest BCUT2D eigenvalue weighted by molar-refractivity contribution is 8.00. The summed E-state index contributed by atoms with van der Waals surface area (Å²) in [6.07, 6.45) is 15.4. The number of aliphatic hydroxyl groups is 2. The van der Waals surface area contributed by atoms with E-state index >= 15 is 0 Å². The minimum Gasteiger partial charge on any atom is -0.435 e. The van der Waals surface area contributed by atoms with Gasteiger partial charge in [-0.3, -0.25) is 4.79 Å². The van der Waals surface area contributed by atoms with E-state index in [9.17, 15) is 15.0 Å². The third kappa shape index (κ3) is 28.7. The van der Waals surface area contributed by atoms with Gasteiger partial charge in [0.15, 0.2) is 6.29 Å². The molecule has 1 aliphatic heterocycles. The SMILES string of the molecule is BOC1[C@H](OC[C@H](NC(=O)CCCC)[C@H](O)[C@H](O)CCCCCCCCCCCCCC)OC(COCCSCC(C)CSCCN=[N+]=[N-])[C@H](OCCCC)[C@@H]1OCCCC. The Hall–Kier alpha value is -0.775. The van der Waals surface area contributed by atoms with Crippen molar-refractivity contribution in [3.8, 4) is 0 Å². The van der Waals surface area contributed by atoms with Crippen molar-refractivity contribution < 1.29 is 43.3 Å². The molecule has 1 fully saturated rings. The van der Waals surface area contributed by atoms with Gasteiger partial charge < -0.3 is 43.9 Å². The zero-order valence-corrected chi connectivity index (χ0v) is 41.0. The Kier molecular flexibility index (Phi) is 38.9. The molecule has 61 heavy (non-hydrogen) atoms. The fourth-order valence-electron chi connectivity index (χ4n) is 7.27. The van der Waals surface area contributed by atoms with E-state index in [1.54, 1.807) is 8.05 Å². The molecule has 0 spiro atoms. The molecule has 0 radical (unpaired) electrons. The van der Waals surface area contributed by atoms with Gasteiger partial charge in [-0.25, -0.2) is 0 Å². The molecular formula is C45H89BN4O9S2. The number of nitrogens with one attached hydrogen (secondary N) is 1. The molecule has 1 saturated heterocycles. The summed E-state index contributed by atoms with van der Waals surface area (Å²) < 4.78 is 38.3. The van der Waals surface area contributed by atoms with E-state index in [4.69, 9.17) is 33.9 Å². The first-order valence-corrected chi connectivity index (χ1v) is 26.5. The molecule has 0 aromatic heterocycles. The van der Waals surface area contributed by atoms with E-state index in [-0.39, 0.29) is 19.1 Å². The summed E-state index contributed by atoms with van der Waals surface area (Å²) in [6.45, 7) is 13.1. The predicted octanol–water partition coefficient (Wildman–Crippen LogP) is 8.95. The van der Waals surface area contributed by atoms with Crippen LogP contribution in [0.1, 0.15) is 163 Å². The van der Waals surface area contributed by atoms with Crippen LogP contribution < -0.4 is 5.32 Å². The first-order valence-electron chi connectivity index (χ1n) is 24.2. The van der Waals surface area contributed by atoms with Crippen molar-refractivity contribution in [3.63, 3.8) is 0 Å². The molecule has 0 aromatic carbocycles. The van der Waals surface area contributed by atoms with Crippen LogP contribution in [0.25, 0.3) is 10.4 Å². The maximum atomic E-state index is 13.0. The van der Waals surface area contributed by atoms with Crippen LogP contribution in [0.3, 0.4) is 0 Å². The second-order valence-corrected chi connectivity index (χ2v) is 19.1. The number of carbonyl (C=O) groups is 1. The molecular weight excluding hydrogens is 815 g/mol. The highest BCUT2D eigenvalue weighted by atomic mass is 32.2. The molecule has 3 N–H and O–H groups in total. The number of carbonyl (C=O) groups excluding carboxylic acids is 1. The van der Waals surface area contributed by atoms with Crippen LogP contribution in [0.15, 0.2) is 5.11 Å². The summed E-state index contributed by atoms with van der Waals surface area (Å²) in [6, 6.07) is -0.852. The van der Waals surface area contributed by atoms with Gasteiger partial charge in [-0.1, -0.05) is 136 Å². The zero-order valence-electron chi connectivity index (χ0n) is 39.3. The number of nitrogens with zero attached hydrogens (tertiary/aromatic N) is 3. The van der Waals surface area contributed by atoms with Crippen molar-refractivity contribution >= 4 is 37.5 Å². The van der Waals surface area contributed by atoms with E-state index in [2.05, 4.69) is 43.0 Å². The molecule has 16 heteroatoms. The highest BCUT2D eigenvalue weighted by Gasteiger charge is 2.48. The third-order valence-corrected chi connectivity index (χ3v) is 13.6. The van der Waals surface area contributed by atoms with Gasteiger partial charge >= 0.3 is 0 Å². The lowest BCUT2D eigenvalue weighted by molar-refractivity contribution is -0.312. The largest absolute Gasteiger partial charge is 0.435 e. The van der Waals surface area contributed by atoms with Gasteiger partial charge in [-0.15, -0.1) is 0 Å². The number of aliphatic hydroxyl groups excluding tert-OH is 2. The second-order valence-electron chi connectivity index (χ2n) is 16.8. The lowest BCUT2D eigenvalue weighted by Crippen LogP contribution is -2.62. The van der Waals surface area contributed by atoms with Crippen LogP contribution in [-0.2, 0) is 33.1 Å². The molecule has 1 amide bonds. The highest BCUT2D eigenvalue weighted by Crippen LogP contribution is 2.30. The number of hydrogen-bond acceptors (Lipinski definition) is 12. The number of azide groups is 1. The summed E-state index contributed by atoms with van der Waals surface area (Å²) in [5.41, 5.74) is 8.47. The Morgan fingerprint density at radius 3 is 1.93 bits per heavy atom. The lowest BCUT2D eigenvalue weighted by atomic mass is 9.97. The number of amides is 1. The van der Waals surface area contributed by atoms with Crippen LogP contribution >= 0.6 is 23.5 Å². The molecule has 3 unspecified atom stereocenters. The van der Waals surface area contributed by atoms with Crippen molar-refractivity contribution in [1.82, 2.24) is 5.32 Å². The van der Waals surface area contributed by atoms with E-state index in [0.29, 0.717) is 45.1 Å². The van der Waals surface area contributed by atoms with Gasteiger partial charge in [-0.05, 0) is 54.4 Å². The normalized spacial score (nSPS) is 21.1. The maximum absolute atomic E-state index is 13.0. The Labute approximate surface area is 380 Å². The Bertz CT molecular complexity index is 1070. The van der Waals surface area contributed by atoms with Crippen LogP contribution in [0.5, 0.6) is 0 Å². The van der Waals surface area contributed by atoms with Crippen molar-refractivity contribution in [2.75, 3.05) is 62.6 Å². The fourth-order valence-corrected chi connectivity index (χ4v) is 9.24. The third-order valence-electron chi connectivity index (χ3n) is 11.0. The average molecular weight is 905 g/mol. The number of rotatable bonds is 43. The molecule has 0 aromatic rings. The summed E-state index contributed by atoms with van der Waals surface area (Å²) in [7, 11) is 1.61. The lowest BCUT2D eigenvalue weighted by Gasteiger charge is -2.46. The first kappa shape index (κ1) is 58.2. The van der Waals surface area contributed by atoms with E-state index in [0.717, 1.165) is 80.8 Å². The van der Waals surface area contributed by atoms with Crippen LogP contribution in [0.4, 0.5) is 0 Å². The zero-order chi connectivity index (χ0) is 44.8. The molecule has 358 valence electrons. The second kappa shape index (κ2) is 40.7. The molecule has 13 nitrogen and oxygen atoms in total. The van der Waals surface area contributed by atoms with Gasteiger partial charge in [0.05, 0.1) is 32.0 Å². The Morgan fingerprint density at radius 2 is 1.34 bits per heavy atom. The summed E-state index contributed by atoms with van der Waals surface area (Å²) in [5, 5.41) is 29.2. The number of unbranched alkanes of at least 4 members (excludes halogenated alkanes) is 14. The van der Waals surface area contributed by atoms with E-state index in [1.165, 1.54) is 57.8 Å². The first-order chi connectivity index (χ1) is 29.8. The van der Waals surface area contributed by atoms with Crippen LogP contribution in [0.2, 0.25) is 0 Å². The van der Waals surface area contributed by atoms with E-state index in [1.807, 2.05) is 30.4 Å². The van der Waals surface area contributed by atoms with Crippen molar-refractivity contribution in [1.29, 1.82) is 0 Å². The Morgan fingerprint density at radius 1 is 0.770 bits per heavy atom. The van der Waals surface area contributed by atoms with Crippen molar-refractivity contribution in [3.05, 3.63) is 10.4 Å². The molecule has 9 atom stereocenters. The molecule has 0 aliphatic carbocycles. The summed E-state index contributed by atoms with van der Waals surface area (Å²) in [5.74, 6) is 4.03. The van der Waals surface area contributed by atoms with Gasteiger partial charge in [0, 0.05) is 36.8 Å². The van der Waals surface area contributed by atoms with Crippen LogP contribution in [0, 0.1) is 5.92 Å².